The largest absolute Gasteiger partial charge is 0.256 e. The molecule has 2 aromatic rings. The molecule has 2 heteroatoms. The Bertz CT molecular complexity index is 787. The second-order valence-corrected chi connectivity index (χ2v) is 13.3. The average Bonchev–Trinajstić information content (AvgIpc) is 2.61. The van der Waals surface area contributed by atoms with E-state index in [1.807, 2.05) is 18.3 Å². The molecule has 1 fully saturated rings. The summed E-state index contributed by atoms with van der Waals surface area (Å²) in [5, 5.41) is 1.42. The number of aromatic nitrogens is 1. The minimum Gasteiger partial charge on any atom is -0.256 e. The van der Waals surface area contributed by atoms with Crippen LogP contribution < -0.4 is 5.19 Å². The number of hydrogen-bond acceptors (Lipinski definition) is 1. The van der Waals surface area contributed by atoms with E-state index in [4.69, 9.17) is 9.10 Å². The highest BCUT2D eigenvalue weighted by atomic mass is 28.3. The molecule has 3 rings (SSSR count). The van der Waals surface area contributed by atoms with Crippen LogP contribution in [0, 0.1) is 12.8 Å². The fourth-order valence-electron chi connectivity index (χ4n) is 3.90. The van der Waals surface area contributed by atoms with Gasteiger partial charge in [-0.1, -0.05) is 76.0 Å². The van der Waals surface area contributed by atoms with Gasteiger partial charge in [0.1, 0.15) is 0 Å². The van der Waals surface area contributed by atoms with Crippen molar-refractivity contribution in [2.24, 2.45) is 5.92 Å². The van der Waals surface area contributed by atoms with Gasteiger partial charge in [-0.2, -0.15) is 0 Å². The molecule has 1 heterocycles. The standard InChI is InChI=1S/C22H31NSi/c1-17-10-8-9-13-20(17)21-15-19(14-18-11-6-5-7-12-18)22(16-23-21)24(2,3)4/h8-10,13,15-16,18H,5-7,11-12,14H2,1-4H3/i1D3. The fourth-order valence-corrected chi connectivity index (χ4v) is 5.49. The van der Waals surface area contributed by atoms with Crippen LogP contribution in [0.3, 0.4) is 0 Å². The summed E-state index contributed by atoms with van der Waals surface area (Å²) in [7, 11) is -1.51. The Morgan fingerprint density at radius 3 is 2.58 bits per heavy atom. The number of pyridine rings is 1. The zero-order valence-electron chi connectivity index (χ0n) is 18.2. The molecule has 1 aliphatic carbocycles. The van der Waals surface area contributed by atoms with Crippen molar-refractivity contribution in [1.82, 2.24) is 4.98 Å². The highest BCUT2D eigenvalue weighted by molar-refractivity contribution is 6.89. The van der Waals surface area contributed by atoms with E-state index in [-0.39, 0.29) is 0 Å². The van der Waals surface area contributed by atoms with Gasteiger partial charge in [0.25, 0.3) is 0 Å². The lowest BCUT2D eigenvalue weighted by Crippen LogP contribution is -2.41. The van der Waals surface area contributed by atoms with Gasteiger partial charge in [-0.05, 0) is 41.6 Å². The molecular formula is C22H31NSi. The molecule has 1 nitrogen and oxygen atoms in total. The van der Waals surface area contributed by atoms with Crippen molar-refractivity contribution in [3.05, 3.63) is 47.7 Å². The average molecular weight is 341 g/mol. The first-order chi connectivity index (χ1) is 12.7. The van der Waals surface area contributed by atoms with Crippen molar-refractivity contribution in [1.29, 1.82) is 0 Å². The minimum absolute atomic E-state index is 0.391. The van der Waals surface area contributed by atoms with E-state index in [2.05, 4.69) is 25.7 Å². The first kappa shape index (κ1) is 13.8. The van der Waals surface area contributed by atoms with Crippen LogP contribution in [0.1, 0.15) is 47.3 Å². The molecule has 0 N–H and O–H groups in total. The van der Waals surface area contributed by atoms with Gasteiger partial charge in [-0.25, -0.2) is 0 Å². The van der Waals surface area contributed by atoms with Crippen molar-refractivity contribution in [2.45, 2.75) is 65.0 Å². The summed E-state index contributed by atoms with van der Waals surface area (Å²) >= 11 is 0. The summed E-state index contributed by atoms with van der Waals surface area (Å²) in [5.41, 5.74) is 3.33. The molecule has 0 unspecified atom stereocenters. The highest BCUT2D eigenvalue weighted by Gasteiger charge is 2.24. The van der Waals surface area contributed by atoms with Gasteiger partial charge in [0.15, 0.2) is 0 Å². The van der Waals surface area contributed by atoms with Crippen LogP contribution in [-0.2, 0) is 6.42 Å². The first-order valence-electron chi connectivity index (χ1n) is 10.8. The lowest BCUT2D eigenvalue weighted by molar-refractivity contribution is 0.357. The van der Waals surface area contributed by atoms with Crippen molar-refractivity contribution in [3.8, 4) is 11.3 Å². The summed E-state index contributed by atoms with van der Waals surface area (Å²) in [6.07, 6.45) is 9.81. The third-order valence-corrected chi connectivity index (χ3v) is 7.30. The lowest BCUT2D eigenvalue weighted by atomic mass is 9.85. The zero-order chi connectivity index (χ0) is 19.7. The van der Waals surface area contributed by atoms with Crippen molar-refractivity contribution < 1.29 is 4.11 Å². The number of benzene rings is 1. The van der Waals surface area contributed by atoms with Gasteiger partial charge in [-0.3, -0.25) is 4.98 Å². The highest BCUT2D eigenvalue weighted by Crippen LogP contribution is 2.29. The first-order valence-corrected chi connectivity index (χ1v) is 12.8. The predicted octanol–water partition coefficient (Wildman–Crippen LogP) is 5.73. The molecule has 0 radical (unpaired) electrons. The van der Waals surface area contributed by atoms with Crippen molar-refractivity contribution >= 4 is 13.3 Å². The maximum atomic E-state index is 7.88. The maximum Gasteiger partial charge on any atom is 0.0799 e. The Balaban J connectivity index is 2.05. The van der Waals surface area contributed by atoms with Gasteiger partial charge in [0.2, 0.25) is 0 Å². The second-order valence-electron chi connectivity index (χ2n) is 8.23. The molecule has 128 valence electrons. The fraction of sp³-hybridized carbons (Fsp3) is 0.500. The molecule has 0 amide bonds. The maximum absolute atomic E-state index is 7.88. The van der Waals surface area contributed by atoms with Gasteiger partial charge in [0, 0.05) is 15.9 Å². The molecule has 0 spiro atoms. The van der Waals surface area contributed by atoms with Crippen LogP contribution in [0.15, 0.2) is 36.5 Å². The van der Waals surface area contributed by atoms with E-state index in [0.29, 0.717) is 5.56 Å². The smallest absolute Gasteiger partial charge is 0.0799 e. The molecule has 1 aromatic carbocycles. The Kier molecular flexibility index (Phi) is 4.16. The third kappa shape index (κ3) is 3.97. The Morgan fingerprint density at radius 1 is 1.12 bits per heavy atom. The molecule has 1 aliphatic rings. The Hall–Kier alpha value is -1.41. The molecular weight excluding hydrogens is 306 g/mol. The monoisotopic (exact) mass is 340 g/mol. The van der Waals surface area contributed by atoms with Crippen LogP contribution in [0.25, 0.3) is 11.3 Å². The SMILES string of the molecule is [2H]C([2H])([2H])c1ccccc1-c1cc(CC2CCCCC2)c([Si](C)(C)C)cn1. The molecule has 1 aromatic heterocycles. The summed E-state index contributed by atoms with van der Waals surface area (Å²) in [4.78, 5) is 4.73. The van der Waals surface area contributed by atoms with E-state index in [0.717, 1.165) is 23.6 Å². The summed E-state index contributed by atoms with van der Waals surface area (Å²) < 4.78 is 23.6. The van der Waals surface area contributed by atoms with E-state index < -0.39 is 14.9 Å². The van der Waals surface area contributed by atoms with E-state index in [1.54, 1.807) is 12.1 Å². The van der Waals surface area contributed by atoms with Crippen LogP contribution in [0.5, 0.6) is 0 Å². The van der Waals surface area contributed by atoms with E-state index >= 15 is 0 Å². The van der Waals surface area contributed by atoms with Gasteiger partial charge in [-0.15, -0.1) is 0 Å². The van der Waals surface area contributed by atoms with Gasteiger partial charge < -0.3 is 0 Å². The van der Waals surface area contributed by atoms with Crippen LogP contribution in [0.4, 0.5) is 0 Å². The Labute approximate surface area is 152 Å². The topological polar surface area (TPSA) is 12.9 Å². The van der Waals surface area contributed by atoms with Gasteiger partial charge >= 0.3 is 0 Å². The van der Waals surface area contributed by atoms with Crippen molar-refractivity contribution in [3.63, 3.8) is 0 Å². The van der Waals surface area contributed by atoms with Crippen LogP contribution in [0.2, 0.25) is 19.6 Å². The number of hydrogen-bond donors (Lipinski definition) is 0. The summed E-state index contributed by atoms with van der Waals surface area (Å²) in [6, 6.07) is 9.48. The molecule has 0 aliphatic heterocycles. The summed E-state index contributed by atoms with van der Waals surface area (Å²) in [5.74, 6) is 0.752. The lowest BCUT2D eigenvalue weighted by Gasteiger charge is -2.26. The van der Waals surface area contributed by atoms with E-state index in [9.17, 15) is 0 Å². The number of nitrogens with zero attached hydrogens (tertiary/aromatic N) is 1. The Morgan fingerprint density at radius 2 is 1.88 bits per heavy atom. The van der Waals surface area contributed by atoms with E-state index in [1.165, 1.54) is 42.9 Å². The number of aryl methyl sites for hydroxylation is 1. The second kappa shape index (κ2) is 7.22. The molecule has 0 saturated heterocycles. The third-order valence-electron chi connectivity index (χ3n) is 5.23. The zero-order valence-corrected chi connectivity index (χ0v) is 16.2. The van der Waals surface area contributed by atoms with Crippen molar-refractivity contribution in [2.75, 3.05) is 0 Å². The van der Waals surface area contributed by atoms with Crippen LogP contribution >= 0.6 is 0 Å². The molecule has 0 atom stereocenters. The quantitative estimate of drug-likeness (QED) is 0.648. The molecule has 24 heavy (non-hydrogen) atoms. The summed E-state index contributed by atoms with van der Waals surface area (Å²) in [6.45, 7) is 4.97. The van der Waals surface area contributed by atoms with Crippen LogP contribution in [-0.4, -0.2) is 13.1 Å². The normalized spacial score (nSPS) is 18.7. The predicted molar refractivity (Wildman–Crippen MR) is 108 cm³/mol. The molecule has 0 bridgehead atoms. The minimum atomic E-state index is -2.13. The number of rotatable bonds is 4. The van der Waals surface area contributed by atoms with Gasteiger partial charge in [0.05, 0.1) is 13.8 Å². The molecule has 1 saturated carbocycles.